The molecule has 0 saturated carbocycles. The molecule has 0 bridgehead atoms. The Morgan fingerprint density at radius 3 is 1.68 bits per heavy atom. The summed E-state index contributed by atoms with van der Waals surface area (Å²) in [4.78, 5) is 57.1. The number of nitrogens with zero attached hydrogens (tertiary/aromatic N) is 5. The molecule has 0 spiro atoms. The lowest BCUT2D eigenvalue weighted by atomic mass is 10.3. The van der Waals surface area contributed by atoms with E-state index >= 15 is 0 Å². The summed E-state index contributed by atoms with van der Waals surface area (Å²) < 4.78 is 11.1. The first-order valence-electron chi connectivity index (χ1n) is 13.1. The minimum absolute atomic E-state index is 0.440. The summed E-state index contributed by atoms with van der Waals surface area (Å²) in [7, 11) is 1.63. The Kier molecular flexibility index (Phi) is 11.5. The van der Waals surface area contributed by atoms with Gasteiger partial charge >= 0.3 is 23.6 Å². The average molecular weight is 561 g/mol. The predicted molar refractivity (Wildman–Crippen MR) is 149 cm³/mol. The molecule has 0 aliphatic carbocycles. The summed E-state index contributed by atoms with van der Waals surface area (Å²) in [6.07, 6.45) is 1.32. The van der Waals surface area contributed by atoms with Crippen LogP contribution < -0.4 is 14.8 Å². The Labute approximate surface area is 239 Å². The summed E-state index contributed by atoms with van der Waals surface area (Å²) in [5, 5.41) is 2.50. The van der Waals surface area contributed by atoms with Crippen molar-refractivity contribution in [3.8, 4) is 11.5 Å². The molecule has 12 heteroatoms. The number of piperazine rings is 2. The van der Waals surface area contributed by atoms with Crippen LogP contribution >= 0.6 is 0 Å². The number of nitrogens with one attached hydrogen (secondary N) is 1. The van der Waals surface area contributed by atoms with Crippen molar-refractivity contribution in [1.82, 2.24) is 20.0 Å². The Bertz CT molecular complexity index is 1300. The molecule has 0 aromatic heterocycles. The van der Waals surface area contributed by atoms with Crippen LogP contribution in [-0.2, 0) is 19.2 Å². The van der Waals surface area contributed by atoms with Gasteiger partial charge < -0.3 is 29.5 Å². The van der Waals surface area contributed by atoms with Crippen LogP contribution in [0.1, 0.15) is 12.8 Å². The highest BCUT2D eigenvalue weighted by Gasteiger charge is 2.29. The van der Waals surface area contributed by atoms with Gasteiger partial charge in [0.2, 0.25) is 0 Å². The van der Waals surface area contributed by atoms with E-state index in [0.717, 1.165) is 0 Å². The maximum atomic E-state index is 11.7. The molecular formula is C29H32N6O6. The third kappa shape index (κ3) is 9.25. The fourth-order valence-electron chi connectivity index (χ4n) is 3.95. The van der Waals surface area contributed by atoms with Gasteiger partial charge in [0.25, 0.3) is 0 Å². The molecule has 0 atom stereocenters. The molecule has 0 unspecified atom stereocenters. The van der Waals surface area contributed by atoms with Crippen LogP contribution in [0.15, 0.2) is 48.5 Å². The van der Waals surface area contributed by atoms with Crippen LogP contribution in [0.2, 0.25) is 0 Å². The molecule has 4 rings (SSSR count). The van der Waals surface area contributed by atoms with Crippen molar-refractivity contribution in [2.45, 2.75) is 12.8 Å². The van der Waals surface area contributed by atoms with Crippen molar-refractivity contribution in [2.24, 2.45) is 0 Å². The van der Waals surface area contributed by atoms with Gasteiger partial charge in [-0.15, -0.1) is 0 Å². The van der Waals surface area contributed by atoms with Gasteiger partial charge in [0.05, 0.1) is 26.4 Å². The predicted octanol–water partition coefficient (Wildman–Crippen LogP) is 2.27. The third-order valence-corrected chi connectivity index (χ3v) is 6.28. The number of likely N-dealkylation sites (N-methyl/N-ethyl adjacent to an activating group) is 1. The Morgan fingerprint density at radius 2 is 1.20 bits per heavy atom. The van der Waals surface area contributed by atoms with Gasteiger partial charge in [-0.3, -0.25) is 19.2 Å². The maximum absolute atomic E-state index is 11.7. The number of carbonyl (C=O) groups is 4. The summed E-state index contributed by atoms with van der Waals surface area (Å²) >= 11 is 0. The molecule has 214 valence electrons. The van der Waals surface area contributed by atoms with E-state index in [1.807, 2.05) is 0 Å². The lowest BCUT2D eigenvalue weighted by Crippen LogP contribution is -2.53. The van der Waals surface area contributed by atoms with Crippen LogP contribution in [-0.4, -0.2) is 97.9 Å². The first-order valence-corrected chi connectivity index (χ1v) is 13.1. The number of amides is 4. The Hall–Kier alpha value is -5.10. The van der Waals surface area contributed by atoms with Gasteiger partial charge in [-0.1, -0.05) is 24.3 Å². The summed E-state index contributed by atoms with van der Waals surface area (Å²) in [6.45, 7) is 17.8. The van der Waals surface area contributed by atoms with Crippen molar-refractivity contribution in [3.05, 3.63) is 71.4 Å². The molecule has 2 aliphatic rings. The van der Waals surface area contributed by atoms with E-state index < -0.39 is 23.6 Å². The summed E-state index contributed by atoms with van der Waals surface area (Å²) in [6, 6.07) is 13.8. The fraction of sp³-hybridized carbons (Fsp3) is 0.379. The number of ether oxygens (including phenoxy) is 2. The summed E-state index contributed by atoms with van der Waals surface area (Å²) in [5.74, 6) is -0.505. The molecule has 41 heavy (non-hydrogen) atoms. The second kappa shape index (κ2) is 15.5. The fourth-order valence-corrected chi connectivity index (χ4v) is 3.95. The van der Waals surface area contributed by atoms with E-state index in [9.17, 15) is 19.2 Å². The minimum atomic E-state index is -0.535. The van der Waals surface area contributed by atoms with E-state index in [-0.39, 0.29) is 0 Å². The van der Waals surface area contributed by atoms with Crippen molar-refractivity contribution >= 4 is 35.0 Å². The van der Waals surface area contributed by atoms with Gasteiger partial charge in [-0.2, -0.15) is 0 Å². The normalized spacial score (nSPS) is 14.9. The minimum Gasteiger partial charge on any atom is -0.494 e. The van der Waals surface area contributed by atoms with Gasteiger partial charge in [-0.05, 0) is 37.1 Å². The van der Waals surface area contributed by atoms with Gasteiger partial charge in [0.1, 0.15) is 11.5 Å². The molecule has 2 aliphatic heterocycles. The van der Waals surface area contributed by atoms with Crippen LogP contribution in [0.25, 0.3) is 9.69 Å². The zero-order chi connectivity index (χ0) is 29.6. The first kappa shape index (κ1) is 30.4. The molecule has 1 N–H and O–H groups in total. The smallest absolute Gasteiger partial charge is 0.312 e. The van der Waals surface area contributed by atoms with E-state index in [1.165, 1.54) is 9.80 Å². The van der Waals surface area contributed by atoms with Crippen LogP contribution in [0.5, 0.6) is 11.5 Å². The topological polar surface area (TPSA) is 117 Å². The van der Waals surface area contributed by atoms with Crippen LogP contribution in [0.4, 0.5) is 11.4 Å². The van der Waals surface area contributed by atoms with E-state index in [0.29, 0.717) is 88.2 Å². The first-order chi connectivity index (χ1) is 19.8. The SMILES string of the molecule is [C-]#[N+]c1ccc(OCCCN2CCN(C)C(=O)C2=O)cc1.[C-]#[N+]c1ccc(OCCCN2CCNC(=O)C2=O)cc1. The van der Waals surface area contributed by atoms with Gasteiger partial charge in [-0.25, -0.2) is 9.69 Å². The van der Waals surface area contributed by atoms with Gasteiger partial charge in [0.15, 0.2) is 11.4 Å². The molecule has 2 fully saturated rings. The molecule has 2 aromatic rings. The zero-order valence-electron chi connectivity index (χ0n) is 22.9. The molecule has 2 saturated heterocycles. The standard InChI is InChI=1S/C15H17N3O3.C14H15N3O3/c1-16-12-4-6-13(7-5-12)21-11-3-8-18-10-9-17(2)14(19)15(18)20;1-15-11-3-5-12(6-4-11)20-10-2-8-17-9-7-16-13(18)14(17)19/h4-7H,3,8-11H2,2H3;3-6H,2,7-10H2,(H,16,18). The third-order valence-electron chi connectivity index (χ3n) is 6.28. The average Bonchev–Trinajstić information content (AvgIpc) is 3.00. The monoisotopic (exact) mass is 560 g/mol. The lowest BCUT2D eigenvalue weighted by molar-refractivity contribution is -0.155. The lowest BCUT2D eigenvalue weighted by Gasteiger charge is -2.31. The molecule has 2 heterocycles. The number of carbonyl (C=O) groups excluding carboxylic acids is 4. The highest BCUT2D eigenvalue weighted by molar-refractivity contribution is 6.35. The largest absolute Gasteiger partial charge is 0.494 e. The van der Waals surface area contributed by atoms with Crippen LogP contribution in [0.3, 0.4) is 0 Å². The molecule has 0 radical (unpaired) electrons. The number of benzene rings is 2. The van der Waals surface area contributed by atoms with E-state index in [4.69, 9.17) is 22.6 Å². The van der Waals surface area contributed by atoms with Crippen molar-refractivity contribution in [2.75, 3.05) is 59.5 Å². The second-order valence-corrected chi connectivity index (χ2v) is 9.18. The number of hydrogen-bond acceptors (Lipinski definition) is 6. The summed E-state index contributed by atoms with van der Waals surface area (Å²) in [5.41, 5.74) is 1.14. The van der Waals surface area contributed by atoms with Crippen molar-refractivity contribution < 1.29 is 28.7 Å². The van der Waals surface area contributed by atoms with E-state index in [2.05, 4.69) is 15.0 Å². The number of hydrogen-bond donors (Lipinski definition) is 1. The van der Waals surface area contributed by atoms with Gasteiger partial charge in [0, 0.05) is 46.3 Å². The molecule has 2 aromatic carbocycles. The van der Waals surface area contributed by atoms with Crippen molar-refractivity contribution in [3.63, 3.8) is 0 Å². The maximum Gasteiger partial charge on any atom is 0.312 e. The Morgan fingerprint density at radius 1 is 0.707 bits per heavy atom. The highest BCUT2D eigenvalue weighted by atomic mass is 16.5. The second-order valence-electron chi connectivity index (χ2n) is 9.18. The Balaban J connectivity index is 0.000000226. The molecular weight excluding hydrogens is 528 g/mol. The van der Waals surface area contributed by atoms with Crippen LogP contribution in [0, 0.1) is 13.1 Å². The highest BCUT2D eigenvalue weighted by Crippen LogP contribution is 2.19. The molecule has 4 amide bonds. The molecule has 12 nitrogen and oxygen atoms in total. The zero-order valence-corrected chi connectivity index (χ0v) is 22.9. The number of rotatable bonds is 10. The van der Waals surface area contributed by atoms with Crippen molar-refractivity contribution in [1.29, 1.82) is 0 Å². The quantitative estimate of drug-likeness (QED) is 0.271. The van der Waals surface area contributed by atoms with E-state index in [1.54, 1.807) is 60.5 Å².